The van der Waals surface area contributed by atoms with Gasteiger partial charge in [0.1, 0.15) is 13.2 Å². The SMILES string of the molecule is CC/C=C\C/C=C\C/C=C\C/C=C\CCCCCCCCCCCCCCCCCCCCCCCCCCCCC(=O)OC(COC(=O)CCCCCCCCCCCCCCCCCCCCCCCCCCCCCCCCCCCCC)COC(OCC[N+](C)(C)C)C(=O)[O-]. The van der Waals surface area contributed by atoms with Crippen LogP contribution in [-0.2, 0) is 33.3 Å². The number of rotatable bonds is 83. The molecule has 582 valence electrons. The van der Waals surface area contributed by atoms with Crippen molar-refractivity contribution in [1.82, 2.24) is 0 Å². The van der Waals surface area contributed by atoms with Gasteiger partial charge in [-0.15, -0.1) is 0 Å². The molecule has 0 radical (unpaired) electrons. The zero-order chi connectivity index (χ0) is 71.8. The standard InChI is InChI=1S/C90H169NO8/c1-6-8-10-12-14-16-18-20-22-24-26-28-30-32-34-36-38-40-42-43-44-45-47-49-51-53-55-57-59-61-63-65-67-69-71-73-75-77-79-81-88(93)99-86(85-98-90(89(94)95)96-83-82-91(3,4)5)84-97-87(92)80-78-76-74-72-70-68-66-64-62-60-58-56-54-52-50-48-46-41-39-37-35-33-31-29-27-25-23-21-19-17-15-13-11-9-7-2/h8,10,14,16,20,22,26,28,86,90H,6-7,9,11-13,15,17-19,21,23-25,27,29-85H2,1-5H3/b10-8-,16-14-,22-20-,28-26-. The normalized spacial score (nSPS) is 12.8. The van der Waals surface area contributed by atoms with Crippen molar-refractivity contribution in [3.63, 3.8) is 0 Å². The Labute approximate surface area is 616 Å². The summed E-state index contributed by atoms with van der Waals surface area (Å²) in [7, 11) is 5.96. The van der Waals surface area contributed by atoms with Crippen molar-refractivity contribution in [3.05, 3.63) is 48.6 Å². The van der Waals surface area contributed by atoms with E-state index in [0.717, 1.165) is 64.2 Å². The zero-order valence-corrected chi connectivity index (χ0v) is 66.9. The molecule has 99 heavy (non-hydrogen) atoms. The predicted molar refractivity (Wildman–Crippen MR) is 426 cm³/mol. The molecular formula is C90H169NO8. The number of carboxylic acid groups (broad SMARTS) is 1. The third-order valence-electron chi connectivity index (χ3n) is 20.1. The number of hydrogen-bond acceptors (Lipinski definition) is 8. The smallest absolute Gasteiger partial charge is 0.306 e. The van der Waals surface area contributed by atoms with Crippen molar-refractivity contribution in [1.29, 1.82) is 0 Å². The fourth-order valence-corrected chi connectivity index (χ4v) is 13.5. The van der Waals surface area contributed by atoms with E-state index >= 15 is 0 Å². The van der Waals surface area contributed by atoms with E-state index in [-0.39, 0.29) is 32.2 Å². The number of carboxylic acids is 1. The predicted octanol–water partition coefficient (Wildman–Crippen LogP) is 27.0. The van der Waals surface area contributed by atoms with Crippen LogP contribution in [0.2, 0.25) is 0 Å². The van der Waals surface area contributed by atoms with Crippen molar-refractivity contribution in [2.75, 3.05) is 47.5 Å². The molecule has 0 aliphatic heterocycles. The third-order valence-corrected chi connectivity index (χ3v) is 20.1. The molecule has 0 fully saturated rings. The van der Waals surface area contributed by atoms with Gasteiger partial charge in [-0.05, 0) is 51.4 Å². The fourth-order valence-electron chi connectivity index (χ4n) is 13.5. The number of quaternary nitrogens is 1. The van der Waals surface area contributed by atoms with Gasteiger partial charge in [0.15, 0.2) is 12.4 Å². The Morgan fingerprint density at radius 2 is 0.576 bits per heavy atom. The van der Waals surface area contributed by atoms with Crippen LogP contribution >= 0.6 is 0 Å². The fraction of sp³-hybridized carbons (Fsp3) is 0.878. The van der Waals surface area contributed by atoms with Gasteiger partial charge >= 0.3 is 11.9 Å². The Bertz CT molecular complexity index is 1770. The van der Waals surface area contributed by atoms with E-state index in [4.69, 9.17) is 18.9 Å². The summed E-state index contributed by atoms with van der Waals surface area (Å²) in [6.45, 7) is 4.73. The number of allylic oxidation sites excluding steroid dienone is 8. The molecule has 0 aliphatic carbocycles. The molecule has 0 saturated heterocycles. The lowest BCUT2D eigenvalue weighted by Gasteiger charge is -2.26. The summed E-state index contributed by atoms with van der Waals surface area (Å²) in [5.41, 5.74) is 0. The van der Waals surface area contributed by atoms with Crippen LogP contribution in [0, 0.1) is 0 Å². The molecule has 0 aromatic carbocycles. The molecule has 0 aromatic heterocycles. The number of aliphatic carboxylic acids is 1. The summed E-state index contributed by atoms with van der Waals surface area (Å²) in [6.07, 6.45) is 104. The molecule has 2 atom stereocenters. The highest BCUT2D eigenvalue weighted by Gasteiger charge is 2.22. The number of likely N-dealkylation sites (N-methyl/N-ethyl adjacent to an activating group) is 1. The van der Waals surface area contributed by atoms with Gasteiger partial charge < -0.3 is 33.3 Å². The van der Waals surface area contributed by atoms with Crippen LogP contribution in [-0.4, -0.2) is 82.3 Å². The summed E-state index contributed by atoms with van der Waals surface area (Å²) < 4.78 is 22.9. The molecule has 0 saturated carbocycles. The lowest BCUT2D eigenvalue weighted by atomic mass is 10.0. The molecule has 9 heteroatoms. The second kappa shape index (κ2) is 80.9. The van der Waals surface area contributed by atoms with Gasteiger partial charge in [0.2, 0.25) is 0 Å². The summed E-state index contributed by atoms with van der Waals surface area (Å²) >= 11 is 0. The zero-order valence-electron chi connectivity index (χ0n) is 66.9. The number of unbranched alkanes of at least 4 members (excludes halogenated alkanes) is 60. The van der Waals surface area contributed by atoms with Crippen LogP contribution < -0.4 is 5.11 Å². The monoisotopic (exact) mass is 1390 g/mol. The van der Waals surface area contributed by atoms with Gasteiger partial charge in [-0.3, -0.25) is 9.59 Å². The maximum atomic E-state index is 13.0. The molecule has 0 spiro atoms. The maximum Gasteiger partial charge on any atom is 0.306 e. The van der Waals surface area contributed by atoms with Gasteiger partial charge in [0, 0.05) is 12.8 Å². The third kappa shape index (κ3) is 82.4. The molecule has 2 unspecified atom stereocenters. The Morgan fingerprint density at radius 3 is 0.859 bits per heavy atom. The maximum absolute atomic E-state index is 13.0. The average molecular weight is 1390 g/mol. The highest BCUT2D eigenvalue weighted by molar-refractivity contribution is 5.70. The highest BCUT2D eigenvalue weighted by Crippen LogP contribution is 2.21. The van der Waals surface area contributed by atoms with E-state index in [1.165, 1.54) is 360 Å². The molecule has 0 heterocycles. The lowest BCUT2D eigenvalue weighted by molar-refractivity contribution is -0.870. The first-order valence-electron chi connectivity index (χ1n) is 43.8. The van der Waals surface area contributed by atoms with Crippen molar-refractivity contribution in [2.45, 2.75) is 463 Å². The van der Waals surface area contributed by atoms with E-state index in [9.17, 15) is 19.5 Å². The molecule has 0 amide bonds. The van der Waals surface area contributed by atoms with Crippen molar-refractivity contribution in [2.24, 2.45) is 0 Å². The van der Waals surface area contributed by atoms with Crippen LogP contribution in [0.15, 0.2) is 48.6 Å². The molecule has 0 rings (SSSR count). The van der Waals surface area contributed by atoms with Crippen LogP contribution in [0.1, 0.15) is 450 Å². The van der Waals surface area contributed by atoms with E-state index in [2.05, 4.69) is 62.5 Å². The summed E-state index contributed by atoms with van der Waals surface area (Å²) in [5.74, 6) is -2.24. The van der Waals surface area contributed by atoms with Crippen molar-refractivity contribution < 1.29 is 42.9 Å². The largest absolute Gasteiger partial charge is 0.545 e. The van der Waals surface area contributed by atoms with Gasteiger partial charge in [-0.2, -0.15) is 0 Å². The summed E-state index contributed by atoms with van der Waals surface area (Å²) in [5, 5.41) is 11.9. The van der Waals surface area contributed by atoms with E-state index in [0.29, 0.717) is 17.4 Å². The van der Waals surface area contributed by atoms with Gasteiger partial charge in [-0.25, -0.2) is 0 Å². The summed E-state index contributed by atoms with van der Waals surface area (Å²) in [6, 6.07) is 0. The van der Waals surface area contributed by atoms with E-state index in [1.807, 2.05) is 21.1 Å². The van der Waals surface area contributed by atoms with Crippen LogP contribution in [0.25, 0.3) is 0 Å². The van der Waals surface area contributed by atoms with Gasteiger partial charge in [0.25, 0.3) is 0 Å². The Kier molecular flexibility index (Phi) is 78.7. The first-order chi connectivity index (χ1) is 48.6. The molecular weight excluding hydrogens is 1220 g/mol. The Morgan fingerprint density at radius 1 is 0.313 bits per heavy atom. The number of hydrogen-bond donors (Lipinski definition) is 0. The molecule has 0 aromatic rings. The quantitative estimate of drug-likeness (QED) is 0.0195. The van der Waals surface area contributed by atoms with E-state index < -0.39 is 24.3 Å². The van der Waals surface area contributed by atoms with Crippen LogP contribution in [0.4, 0.5) is 0 Å². The number of ether oxygens (including phenoxy) is 4. The highest BCUT2D eigenvalue weighted by atomic mass is 16.7. The lowest BCUT2D eigenvalue weighted by Crippen LogP contribution is -2.44. The minimum Gasteiger partial charge on any atom is -0.545 e. The van der Waals surface area contributed by atoms with Crippen molar-refractivity contribution in [3.8, 4) is 0 Å². The minimum absolute atomic E-state index is 0.152. The number of nitrogens with zero attached hydrogens (tertiary/aromatic N) is 1. The van der Waals surface area contributed by atoms with Gasteiger partial charge in [0.05, 0.1) is 40.3 Å². The first kappa shape index (κ1) is 96.2. The number of carbonyl (C=O) groups excluding carboxylic acids is 3. The Balaban J connectivity index is 3.90. The topological polar surface area (TPSA) is 111 Å². The Hall–Kier alpha value is -2.75. The minimum atomic E-state index is -1.62. The molecule has 0 aliphatic rings. The van der Waals surface area contributed by atoms with Crippen LogP contribution in [0.5, 0.6) is 0 Å². The first-order valence-corrected chi connectivity index (χ1v) is 43.8. The van der Waals surface area contributed by atoms with Crippen LogP contribution in [0.3, 0.4) is 0 Å². The second-order valence-corrected chi connectivity index (χ2v) is 31.2. The van der Waals surface area contributed by atoms with Crippen molar-refractivity contribution >= 4 is 17.9 Å². The molecule has 0 bridgehead atoms. The van der Waals surface area contributed by atoms with E-state index in [1.54, 1.807) is 0 Å². The molecule has 0 N–H and O–H groups in total. The number of carbonyl (C=O) groups is 3. The van der Waals surface area contributed by atoms with Gasteiger partial charge in [-0.1, -0.05) is 435 Å². The second-order valence-electron chi connectivity index (χ2n) is 31.2. The molecule has 9 nitrogen and oxygen atoms in total. The number of esters is 2. The summed E-state index contributed by atoms with van der Waals surface area (Å²) in [4.78, 5) is 37.7. The average Bonchev–Trinajstić information content (AvgIpc) is 1.14.